The first-order valence-electron chi connectivity index (χ1n) is 9.81. The lowest BCUT2D eigenvalue weighted by atomic mass is 10.1. The smallest absolute Gasteiger partial charge is 0.191 e. The Balaban J connectivity index is 0.00000300. The molecule has 0 aliphatic carbocycles. The quantitative estimate of drug-likeness (QED) is 0.339. The molecule has 1 saturated heterocycles. The van der Waals surface area contributed by atoms with Crippen molar-refractivity contribution >= 4 is 29.9 Å². The number of aryl methyl sites for hydroxylation is 2. The van der Waals surface area contributed by atoms with Crippen LogP contribution in [-0.4, -0.2) is 37.8 Å². The molecule has 0 amide bonds. The summed E-state index contributed by atoms with van der Waals surface area (Å²) in [7, 11) is 1.77. The number of ether oxygens (including phenoxy) is 2. The van der Waals surface area contributed by atoms with E-state index in [1.807, 2.05) is 25.1 Å². The molecule has 1 unspecified atom stereocenters. The van der Waals surface area contributed by atoms with Crippen LogP contribution < -0.4 is 15.4 Å². The lowest BCUT2D eigenvalue weighted by molar-refractivity contribution is 0.166. The lowest BCUT2D eigenvalue weighted by Gasteiger charge is -2.17. The summed E-state index contributed by atoms with van der Waals surface area (Å²) in [4.78, 5) is 8.81. The number of rotatable bonds is 7. The van der Waals surface area contributed by atoms with Crippen LogP contribution >= 0.6 is 24.0 Å². The summed E-state index contributed by atoms with van der Waals surface area (Å²) < 4.78 is 11.6. The Morgan fingerprint density at radius 2 is 2.03 bits per heavy atom. The van der Waals surface area contributed by atoms with Gasteiger partial charge in [0.2, 0.25) is 0 Å². The summed E-state index contributed by atoms with van der Waals surface area (Å²) in [6.45, 7) is 7.67. The van der Waals surface area contributed by atoms with E-state index >= 15 is 0 Å². The van der Waals surface area contributed by atoms with Crippen molar-refractivity contribution in [2.24, 2.45) is 10.9 Å². The summed E-state index contributed by atoms with van der Waals surface area (Å²) >= 11 is 0. The molecule has 158 valence electrons. The predicted molar refractivity (Wildman–Crippen MR) is 127 cm³/mol. The fraction of sp³-hybridized carbons (Fsp3) is 0.455. The third-order valence-electron chi connectivity index (χ3n) is 4.77. The van der Waals surface area contributed by atoms with Crippen molar-refractivity contribution in [3.8, 4) is 5.75 Å². The van der Waals surface area contributed by atoms with Gasteiger partial charge in [-0.2, -0.15) is 0 Å². The van der Waals surface area contributed by atoms with Crippen LogP contribution in [0.25, 0.3) is 0 Å². The molecule has 29 heavy (non-hydrogen) atoms. The van der Waals surface area contributed by atoms with Crippen LogP contribution in [0.1, 0.15) is 28.9 Å². The van der Waals surface area contributed by atoms with Crippen LogP contribution in [0.3, 0.4) is 0 Å². The third-order valence-corrected chi connectivity index (χ3v) is 4.77. The summed E-state index contributed by atoms with van der Waals surface area (Å²) in [6, 6.07) is 12.3. The van der Waals surface area contributed by atoms with Crippen molar-refractivity contribution < 1.29 is 9.47 Å². The number of nitrogens with zero attached hydrogens (tertiary/aromatic N) is 2. The monoisotopic (exact) mass is 510 g/mol. The highest BCUT2D eigenvalue weighted by atomic mass is 127. The first kappa shape index (κ1) is 23.4. The van der Waals surface area contributed by atoms with E-state index in [-0.39, 0.29) is 24.0 Å². The topological polar surface area (TPSA) is 67.8 Å². The van der Waals surface area contributed by atoms with E-state index in [1.165, 1.54) is 5.56 Å². The number of pyridine rings is 1. The Morgan fingerprint density at radius 3 is 2.76 bits per heavy atom. The molecule has 7 heteroatoms. The van der Waals surface area contributed by atoms with Crippen LogP contribution in [0.15, 0.2) is 41.4 Å². The average Bonchev–Trinajstić information content (AvgIpc) is 3.21. The van der Waals surface area contributed by atoms with Crippen LogP contribution in [0.4, 0.5) is 0 Å². The average molecular weight is 510 g/mol. The molecule has 0 bridgehead atoms. The van der Waals surface area contributed by atoms with E-state index in [9.17, 15) is 0 Å². The van der Waals surface area contributed by atoms with Gasteiger partial charge in [-0.15, -0.1) is 24.0 Å². The third kappa shape index (κ3) is 7.47. The molecule has 0 spiro atoms. The number of benzene rings is 1. The lowest BCUT2D eigenvalue weighted by Crippen LogP contribution is -2.36. The number of guanidine groups is 1. The largest absolute Gasteiger partial charge is 0.493 e. The Morgan fingerprint density at radius 1 is 1.21 bits per heavy atom. The molecule has 3 rings (SSSR count). The zero-order chi connectivity index (χ0) is 19.8. The first-order valence-corrected chi connectivity index (χ1v) is 9.81. The minimum absolute atomic E-state index is 0. The number of hydrogen-bond donors (Lipinski definition) is 2. The Bertz CT molecular complexity index is 807. The van der Waals surface area contributed by atoms with Crippen LogP contribution in [0.2, 0.25) is 0 Å². The molecule has 1 fully saturated rings. The fourth-order valence-electron chi connectivity index (χ4n) is 3.14. The van der Waals surface area contributed by atoms with Gasteiger partial charge in [0, 0.05) is 37.4 Å². The normalized spacial score (nSPS) is 16.2. The van der Waals surface area contributed by atoms with Gasteiger partial charge in [-0.05, 0) is 44.0 Å². The molecule has 2 N–H and O–H groups in total. The second-order valence-electron chi connectivity index (χ2n) is 7.20. The summed E-state index contributed by atoms with van der Waals surface area (Å²) in [5.41, 5.74) is 4.30. The van der Waals surface area contributed by atoms with Gasteiger partial charge in [-0.1, -0.05) is 18.2 Å². The van der Waals surface area contributed by atoms with Gasteiger partial charge in [-0.25, -0.2) is 0 Å². The predicted octanol–water partition coefficient (Wildman–Crippen LogP) is 3.60. The maximum atomic E-state index is 6.12. The van der Waals surface area contributed by atoms with Crippen molar-refractivity contribution in [2.45, 2.75) is 33.4 Å². The van der Waals surface area contributed by atoms with Crippen molar-refractivity contribution in [2.75, 3.05) is 26.9 Å². The molecule has 2 heterocycles. The van der Waals surface area contributed by atoms with E-state index in [0.29, 0.717) is 25.6 Å². The van der Waals surface area contributed by atoms with Crippen molar-refractivity contribution in [3.63, 3.8) is 0 Å². The maximum Gasteiger partial charge on any atom is 0.191 e. The Labute approximate surface area is 190 Å². The molecular formula is C22H31IN4O2. The highest BCUT2D eigenvalue weighted by Gasteiger charge is 2.17. The van der Waals surface area contributed by atoms with Crippen molar-refractivity contribution in [1.82, 2.24) is 15.6 Å². The van der Waals surface area contributed by atoms with E-state index < -0.39 is 0 Å². The van der Waals surface area contributed by atoms with Gasteiger partial charge in [-0.3, -0.25) is 9.98 Å². The number of aromatic nitrogens is 1. The molecule has 6 nitrogen and oxygen atoms in total. The molecule has 1 aromatic carbocycles. The number of halogens is 1. The van der Waals surface area contributed by atoms with Gasteiger partial charge >= 0.3 is 0 Å². The van der Waals surface area contributed by atoms with Crippen LogP contribution in [0.5, 0.6) is 5.75 Å². The first-order chi connectivity index (χ1) is 13.6. The van der Waals surface area contributed by atoms with Gasteiger partial charge in [0.25, 0.3) is 0 Å². The maximum absolute atomic E-state index is 6.12. The zero-order valence-electron chi connectivity index (χ0n) is 17.4. The van der Waals surface area contributed by atoms with Gasteiger partial charge < -0.3 is 20.1 Å². The van der Waals surface area contributed by atoms with Gasteiger partial charge in [0.05, 0.1) is 25.5 Å². The molecular weight excluding hydrogens is 479 g/mol. The van der Waals surface area contributed by atoms with Gasteiger partial charge in [0.1, 0.15) is 5.75 Å². The van der Waals surface area contributed by atoms with Crippen LogP contribution in [0, 0.1) is 19.8 Å². The minimum atomic E-state index is 0. The molecule has 2 aromatic rings. The van der Waals surface area contributed by atoms with Crippen molar-refractivity contribution in [1.29, 1.82) is 0 Å². The molecule has 1 aliphatic rings. The standard InChI is InChI=1S/C22H30N4O2.HI/c1-16-7-8-19(21(11-16)28-15-18-9-10-27-14-18)12-24-22(23-3)25-13-20-6-4-5-17(2)26-20;/h4-8,11,18H,9-10,12-15H2,1-3H3,(H2,23,24,25);1H. The molecule has 0 radical (unpaired) electrons. The summed E-state index contributed by atoms with van der Waals surface area (Å²) in [5, 5.41) is 6.67. The highest BCUT2D eigenvalue weighted by molar-refractivity contribution is 14.0. The van der Waals surface area contributed by atoms with E-state index in [0.717, 1.165) is 48.3 Å². The summed E-state index contributed by atoms with van der Waals surface area (Å²) in [5.74, 6) is 2.15. The Hall–Kier alpha value is -1.87. The van der Waals surface area contributed by atoms with Crippen LogP contribution in [-0.2, 0) is 17.8 Å². The second kappa shape index (κ2) is 12.0. The van der Waals surface area contributed by atoms with E-state index in [1.54, 1.807) is 7.05 Å². The molecule has 1 aliphatic heterocycles. The molecule has 1 atom stereocenters. The fourth-order valence-corrected chi connectivity index (χ4v) is 3.14. The SMILES string of the molecule is CN=C(NCc1cccc(C)n1)NCc1ccc(C)cc1OCC1CCOC1.I. The van der Waals surface area contributed by atoms with E-state index in [2.05, 4.69) is 45.7 Å². The van der Waals surface area contributed by atoms with Gasteiger partial charge in [0.15, 0.2) is 5.96 Å². The Kier molecular flexibility index (Phi) is 9.66. The molecule has 1 aromatic heterocycles. The second-order valence-corrected chi connectivity index (χ2v) is 7.20. The number of aliphatic imine (C=N–C) groups is 1. The summed E-state index contributed by atoms with van der Waals surface area (Å²) in [6.07, 6.45) is 1.07. The van der Waals surface area contributed by atoms with Crippen molar-refractivity contribution in [3.05, 3.63) is 58.9 Å². The van der Waals surface area contributed by atoms with E-state index in [4.69, 9.17) is 9.47 Å². The molecule has 0 saturated carbocycles. The minimum Gasteiger partial charge on any atom is -0.493 e. The number of hydrogen-bond acceptors (Lipinski definition) is 4. The number of nitrogens with one attached hydrogen (secondary N) is 2. The zero-order valence-corrected chi connectivity index (χ0v) is 19.7. The highest BCUT2D eigenvalue weighted by Crippen LogP contribution is 2.22.